The quantitative estimate of drug-likeness (QED) is 0.133. The number of benzene rings is 5. The van der Waals surface area contributed by atoms with E-state index in [9.17, 15) is 4.79 Å². The zero-order valence-electron chi connectivity index (χ0n) is 28.2. The lowest BCUT2D eigenvalue weighted by Crippen LogP contribution is -2.39. The normalized spacial score (nSPS) is 14.2. The minimum atomic E-state index is -0.855. The molecule has 0 spiro atoms. The van der Waals surface area contributed by atoms with Gasteiger partial charge >= 0.3 is 0 Å². The second-order valence-electron chi connectivity index (χ2n) is 13.0. The predicted molar refractivity (Wildman–Crippen MR) is 195 cm³/mol. The molecule has 6 aromatic rings. The molecule has 49 heavy (non-hydrogen) atoms. The molecule has 7 rings (SSSR count). The highest BCUT2D eigenvalue weighted by Crippen LogP contribution is 2.43. The number of aromatic nitrogens is 4. The lowest BCUT2D eigenvalue weighted by atomic mass is 9.77. The third-order valence-corrected chi connectivity index (χ3v) is 9.38. The summed E-state index contributed by atoms with van der Waals surface area (Å²) in [6, 6.07) is 48.0. The van der Waals surface area contributed by atoms with Gasteiger partial charge in [-0.05, 0) is 64.1 Å². The van der Waals surface area contributed by atoms with Crippen LogP contribution in [0.25, 0.3) is 22.5 Å². The fourth-order valence-corrected chi connectivity index (χ4v) is 6.96. The first-order chi connectivity index (χ1) is 23.9. The zero-order chi connectivity index (χ0) is 33.8. The first kappa shape index (κ1) is 31.9. The van der Waals surface area contributed by atoms with Crippen LogP contribution in [0.5, 0.6) is 0 Å². The van der Waals surface area contributed by atoms with Gasteiger partial charge in [-0.1, -0.05) is 153 Å². The van der Waals surface area contributed by atoms with E-state index < -0.39 is 11.1 Å². The van der Waals surface area contributed by atoms with Crippen molar-refractivity contribution < 1.29 is 4.79 Å². The second-order valence-corrected chi connectivity index (χ2v) is 13.0. The van der Waals surface area contributed by atoms with Gasteiger partial charge < -0.3 is 0 Å². The smallest absolute Gasteiger partial charge is 0.255 e. The number of hydrogen-bond donors (Lipinski definition) is 0. The third kappa shape index (κ3) is 5.86. The van der Waals surface area contributed by atoms with Gasteiger partial charge in [-0.25, -0.2) is 4.68 Å². The summed E-state index contributed by atoms with van der Waals surface area (Å²) in [7, 11) is 0. The summed E-state index contributed by atoms with van der Waals surface area (Å²) in [5.74, 6) is 1.59. The number of tetrazole rings is 1. The highest BCUT2D eigenvalue weighted by atomic mass is 16.2. The molecule has 244 valence electrons. The summed E-state index contributed by atoms with van der Waals surface area (Å²) >= 11 is 0. The average molecular weight is 645 g/mol. The van der Waals surface area contributed by atoms with Crippen molar-refractivity contribution in [3.05, 3.63) is 162 Å². The van der Waals surface area contributed by atoms with Crippen LogP contribution in [0.3, 0.4) is 0 Å². The minimum absolute atomic E-state index is 0.0543. The molecule has 0 bridgehead atoms. The van der Waals surface area contributed by atoms with Gasteiger partial charge in [0.15, 0.2) is 5.82 Å². The maximum absolute atomic E-state index is 13.3. The first-order valence-electron chi connectivity index (χ1n) is 17.0. The molecule has 1 aliphatic heterocycles. The van der Waals surface area contributed by atoms with Crippen molar-refractivity contribution >= 4 is 11.7 Å². The SMILES string of the molecule is CCCCC1=NC(C)(C)C(=O)N1Cc1ccc(-c2ccccc2-c2nnnn2C(c2ccccc2)(c2ccccc2)c2ccccc2)cc1. The standard InChI is InChI=1S/C42H40N6O/c1-4-5-25-38-43-41(2,3)40(49)47(38)30-31-26-28-32(29-27-31)36-23-15-16-24-37(36)39-44-45-46-48(39)42(33-17-9-6-10-18-33,34-19-11-7-12-20-34)35-21-13-8-14-22-35/h6-24,26-29H,4-5,25,30H2,1-3H3. The van der Waals surface area contributed by atoms with Gasteiger partial charge in [0.1, 0.15) is 16.9 Å². The molecule has 0 unspecified atom stereocenters. The molecule has 0 saturated carbocycles. The van der Waals surface area contributed by atoms with E-state index in [0.717, 1.165) is 64.0 Å². The Bertz CT molecular complexity index is 1970. The number of amides is 1. The van der Waals surface area contributed by atoms with E-state index in [1.54, 1.807) is 0 Å². The van der Waals surface area contributed by atoms with Crippen LogP contribution in [0.15, 0.2) is 145 Å². The van der Waals surface area contributed by atoms with Crippen molar-refractivity contribution in [2.24, 2.45) is 4.99 Å². The molecule has 1 amide bonds. The van der Waals surface area contributed by atoms with E-state index in [-0.39, 0.29) is 5.91 Å². The summed E-state index contributed by atoms with van der Waals surface area (Å²) in [4.78, 5) is 19.9. The molecule has 0 fully saturated rings. The van der Waals surface area contributed by atoms with E-state index in [2.05, 4.69) is 121 Å². The number of aliphatic imine (C=N–C) groups is 1. The summed E-state index contributed by atoms with van der Waals surface area (Å²) in [5, 5.41) is 13.8. The molecular formula is C42H40N6O. The van der Waals surface area contributed by atoms with Gasteiger partial charge in [-0.3, -0.25) is 14.7 Å². The van der Waals surface area contributed by atoms with Gasteiger partial charge in [0.2, 0.25) is 0 Å². The number of amidine groups is 1. The predicted octanol–water partition coefficient (Wildman–Crippen LogP) is 8.56. The third-order valence-electron chi connectivity index (χ3n) is 9.38. The van der Waals surface area contributed by atoms with E-state index >= 15 is 0 Å². The van der Waals surface area contributed by atoms with Crippen molar-refractivity contribution in [3.8, 4) is 22.5 Å². The maximum Gasteiger partial charge on any atom is 0.255 e. The molecule has 2 heterocycles. The van der Waals surface area contributed by atoms with Crippen LogP contribution in [0, 0.1) is 0 Å². The Morgan fingerprint density at radius 3 is 1.76 bits per heavy atom. The molecule has 7 nitrogen and oxygen atoms in total. The molecule has 0 atom stereocenters. The van der Waals surface area contributed by atoms with E-state index in [4.69, 9.17) is 15.3 Å². The van der Waals surface area contributed by atoms with Crippen LogP contribution in [0.4, 0.5) is 0 Å². The summed E-state index contributed by atoms with van der Waals surface area (Å²) in [6.45, 7) is 6.46. The van der Waals surface area contributed by atoms with Crippen LogP contribution in [-0.4, -0.2) is 42.4 Å². The van der Waals surface area contributed by atoms with Gasteiger partial charge in [-0.2, -0.15) is 0 Å². The Morgan fingerprint density at radius 2 is 1.20 bits per heavy atom. The van der Waals surface area contributed by atoms with Crippen LogP contribution in [0.2, 0.25) is 0 Å². The average Bonchev–Trinajstić information content (AvgIpc) is 3.72. The Balaban J connectivity index is 1.31. The van der Waals surface area contributed by atoms with Crippen molar-refractivity contribution in [3.63, 3.8) is 0 Å². The molecule has 0 radical (unpaired) electrons. The summed E-state index contributed by atoms with van der Waals surface area (Å²) < 4.78 is 1.97. The molecule has 0 N–H and O–H groups in total. The van der Waals surface area contributed by atoms with Gasteiger partial charge in [-0.15, -0.1) is 5.10 Å². The number of unbranched alkanes of at least 4 members (excludes halogenated alkanes) is 1. The number of nitrogens with zero attached hydrogens (tertiary/aromatic N) is 6. The Morgan fingerprint density at radius 1 is 0.673 bits per heavy atom. The number of carbonyl (C=O) groups excluding carboxylic acids is 1. The highest BCUT2D eigenvalue weighted by molar-refractivity contribution is 6.07. The summed E-state index contributed by atoms with van der Waals surface area (Å²) in [5.41, 5.74) is 5.57. The molecule has 0 saturated heterocycles. The lowest BCUT2D eigenvalue weighted by molar-refractivity contribution is -0.130. The largest absolute Gasteiger partial charge is 0.294 e. The monoisotopic (exact) mass is 644 g/mol. The molecular weight excluding hydrogens is 605 g/mol. The zero-order valence-corrected chi connectivity index (χ0v) is 28.2. The highest BCUT2D eigenvalue weighted by Gasteiger charge is 2.42. The van der Waals surface area contributed by atoms with Crippen LogP contribution < -0.4 is 0 Å². The lowest BCUT2D eigenvalue weighted by Gasteiger charge is -2.36. The van der Waals surface area contributed by atoms with Crippen molar-refractivity contribution in [2.75, 3.05) is 0 Å². The maximum atomic E-state index is 13.3. The Kier molecular flexibility index (Phi) is 8.74. The van der Waals surface area contributed by atoms with Crippen LogP contribution in [0.1, 0.15) is 62.3 Å². The van der Waals surface area contributed by atoms with Gasteiger partial charge in [0.25, 0.3) is 5.91 Å². The summed E-state index contributed by atoms with van der Waals surface area (Å²) in [6.07, 6.45) is 2.87. The van der Waals surface area contributed by atoms with E-state index in [1.165, 1.54) is 0 Å². The minimum Gasteiger partial charge on any atom is -0.294 e. The fourth-order valence-electron chi connectivity index (χ4n) is 6.96. The first-order valence-corrected chi connectivity index (χ1v) is 17.0. The molecule has 1 aromatic heterocycles. The van der Waals surface area contributed by atoms with E-state index in [0.29, 0.717) is 12.4 Å². The topological polar surface area (TPSA) is 76.3 Å². The van der Waals surface area contributed by atoms with Gasteiger partial charge in [0, 0.05) is 12.0 Å². The van der Waals surface area contributed by atoms with Crippen LogP contribution >= 0.6 is 0 Å². The van der Waals surface area contributed by atoms with E-state index in [1.807, 2.05) is 53.8 Å². The molecule has 0 aliphatic carbocycles. The van der Waals surface area contributed by atoms with Crippen molar-refractivity contribution in [2.45, 2.75) is 57.7 Å². The van der Waals surface area contributed by atoms with Gasteiger partial charge in [0.05, 0.1) is 6.54 Å². The fraction of sp³-hybridized carbons (Fsp3) is 0.214. The second kappa shape index (κ2) is 13.4. The molecule has 5 aromatic carbocycles. The van der Waals surface area contributed by atoms with Crippen molar-refractivity contribution in [1.82, 2.24) is 25.1 Å². The number of hydrogen-bond acceptors (Lipinski definition) is 5. The Hall–Kier alpha value is -5.69. The molecule has 7 heteroatoms. The van der Waals surface area contributed by atoms with Crippen LogP contribution in [-0.2, 0) is 16.9 Å². The number of carbonyl (C=O) groups is 1. The Labute approximate surface area is 288 Å². The van der Waals surface area contributed by atoms with Crippen molar-refractivity contribution in [1.29, 1.82) is 0 Å². The number of rotatable bonds is 11. The molecule has 1 aliphatic rings.